The van der Waals surface area contributed by atoms with Gasteiger partial charge < -0.3 is 19.5 Å². The average molecular weight is 597 g/mol. The summed E-state index contributed by atoms with van der Waals surface area (Å²) in [5.41, 5.74) is 6.96. The van der Waals surface area contributed by atoms with Gasteiger partial charge in [0.2, 0.25) is 0 Å². The predicted molar refractivity (Wildman–Crippen MR) is 173 cm³/mol. The van der Waals surface area contributed by atoms with Gasteiger partial charge in [-0.25, -0.2) is 0 Å². The lowest BCUT2D eigenvalue weighted by molar-refractivity contribution is 0.100. The van der Waals surface area contributed by atoms with E-state index < -0.39 is 0 Å². The molecule has 0 spiro atoms. The minimum Gasteiger partial charge on any atom is -0.497 e. The van der Waals surface area contributed by atoms with E-state index in [1.54, 1.807) is 13.2 Å². The molecule has 0 saturated heterocycles. The number of rotatable bonds is 11. The molecular weight excluding hydrogens is 560 g/mol. The first-order chi connectivity index (χ1) is 21.1. The maximum Gasteiger partial charge on any atom is 0.196 e. The van der Waals surface area contributed by atoms with Crippen molar-refractivity contribution in [2.45, 2.75) is 51.4 Å². The second-order valence-electron chi connectivity index (χ2n) is 11.2. The van der Waals surface area contributed by atoms with E-state index in [-0.39, 0.29) is 12.4 Å². The van der Waals surface area contributed by atoms with E-state index >= 15 is 0 Å². The summed E-state index contributed by atoms with van der Waals surface area (Å²) in [6.07, 6.45) is 10.7. The molecule has 4 aromatic rings. The second-order valence-corrected chi connectivity index (χ2v) is 11.6. The Bertz CT molecular complexity index is 1650. The van der Waals surface area contributed by atoms with Gasteiger partial charge in [0.05, 0.1) is 24.8 Å². The first-order valence-corrected chi connectivity index (χ1v) is 15.6. The molecule has 0 fully saturated rings. The van der Waals surface area contributed by atoms with Gasteiger partial charge in [-0.1, -0.05) is 36.6 Å². The molecule has 43 heavy (non-hydrogen) atoms. The topological polar surface area (TPSA) is 69.7 Å². The molecule has 1 aliphatic carbocycles. The summed E-state index contributed by atoms with van der Waals surface area (Å²) in [4.78, 5) is 18.0. The van der Waals surface area contributed by atoms with Gasteiger partial charge in [-0.05, 0) is 98.2 Å². The maximum atomic E-state index is 13.1. The first kappa shape index (κ1) is 29.1. The lowest BCUT2D eigenvalue weighted by Crippen LogP contribution is -2.19. The molecule has 7 heteroatoms. The number of nitrogens with one attached hydrogen (secondary N) is 1. The molecule has 1 aromatic heterocycles. The van der Waals surface area contributed by atoms with Crippen LogP contribution in [-0.2, 0) is 12.8 Å². The van der Waals surface area contributed by atoms with Crippen LogP contribution < -0.4 is 19.5 Å². The summed E-state index contributed by atoms with van der Waals surface area (Å²) in [6.45, 7) is 1.80. The van der Waals surface area contributed by atoms with E-state index in [0.29, 0.717) is 23.5 Å². The highest BCUT2D eigenvalue weighted by Crippen LogP contribution is 2.35. The third kappa shape index (κ3) is 6.80. The summed E-state index contributed by atoms with van der Waals surface area (Å²) >= 11 is 6.26. The minimum atomic E-state index is -0.0127. The van der Waals surface area contributed by atoms with Crippen molar-refractivity contribution in [1.82, 2.24) is 4.98 Å². The Morgan fingerprint density at radius 3 is 2.63 bits per heavy atom. The summed E-state index contributed by atoms with van der Waals surface area (Å²) in [5, 5.41) is 5.64. The molecule has 0 bridgehead atoms. The van der Waals surface area contributed by atoms with Crippen LogP contribution in [0, 0.1) is 0 Å². The van der Waals surface area contributed by atoms with Crippen LogP contribution in [0.1, 0.15) is 65.7 Å². The van der Waals surface area contributed by atoms with Crippen LogP contribution in [0.15, 0.2) is 66.2 Å². The highest BCUT2D eigenvalue weighted by molar-refractivity contribution is 6.31. The zero-order valence-electron chi connectivity index (χ0n) is 24.6. The van der Waals surface area contributed by atoms with Gasteiger partial charge in [0, 0.05) is 40.0 Å². The molecule has 0 radical (unpaired) electrons. The number of halogens is 1. The number of anilines is 1. The van der Waals surface area contributed by atoms with Crippen LogP contribution in [0.25, 0.3) is 17.0 Å². The summed E-state index contributed by atoms with van der Waals surface area (Å²) < 4.78 is 17.1. The van der Waals surface area contributed by atoms with Crippen molar-refractivity contribution >= 4 is 40.1 Å². The SMILES string of the molecule is COc1ccc(/C=C2\COc3cc(OCCCCCCNc4c5c(nc6cc(Cl)ccc46)CCCC5)ccc3C2=O)cc1. The predicted octanol–water partition coefficient (Wildman–Crippen LogP) is 8.49. The summed E-state index contributed by atoms with van der Waals surface area (Å²) in [7, 11) is 1.63. The third-order valence-electron chi connectivity index (χ3n) is 8.20. The number of carbonyl (C=O) groups is 1. The molecule has 222 valence electrons. The average Bonchev–Trinajstić information content (AvgIpc) is 3.03. The van der Waals surface area contributed by atoms with Crippen molar-refractivity contribution in [1.29, 1.82) is 0 Å². The molecule has 2 heterocycles. The highest BCUT2D eigenvalue weighted by Gasteiger charge is 2.24. The van der Waals surface area contributed by atoms with E-state index in [1.807, 2.05) is 54.6 Å². The van der Waals surface area contributed by atoms with Crippen LogP contribution in [0.3, 0.4) is 0 Å². The van der Waals surface area contributed by atoms with Crippen LogP contribution in [0.5, 0.6) is 17.2 Å². The van der Waals surface area contributed by atoms with Crippen molar-refractivity contribution in [3.8, 4) is 17.2 Å². The fourth-order valence-corrected chi connectivity index (χ4v) is 6.05. The Labute approximate surface area is 258 Å². The zero-order chi connectivity index (χ0) is 29.6. The number of Topliss-reactive ketones (excluding diaryl/α,β-unsaturated/α-hetero) is 1. The van der Waals surface area contributed by atoms with Crippen LogP contribution >= 0.6 is 11.6 Å². The van der Waals surface area contributed by atoms with Gasteiger partial charge in [-0.15, -0.1) is 0 Å². The van der Waals surface area contributed by atoms with Gasteiger partial charge in [0.1, 0.15) is 23.9 Å². The molecule has 0 unspecified atom stereocenters. The Hall–Kier alpha value is -4.03. The standard InChI is InChI=1S/C36H37ClN2O4/c1-41-27-13-10-24(11-14-27)20-25-23-43-34-22-28(15-17-31(34)36(25)40)42-19-7-3-2-6-18-38-35-29-8-4-5-9-32(29)39-33-21-26(37)12-16-30(33)35/h10-17,20-22H,2-9,18-19,23H2,1H3,(H,38,39)/b25-20+. The van der Waals surface area contributed by atoms with Crippen LogP contribution in [0.4, 0.5) is 5.69 Å². The Morgan fingerprint density at radius 1 is 0.953 bits per heavy atom. The van der Waals surface area contributed by atoms with Gasteiger partial charge >= 0.3 is 0 Å². The molecular formula is C36H37ClN2O4. The number of methoxy groups -OCH3 is 1. The third-order valence-corrected chi connectivity index (χ3v) is 8.43. The Kier molecular flexibility index (Phi) is 9.13. The molecule has 0 saturated carbocycles. The lowest BCUT2D eigenvalue weighted by atomic mass is 9.92. The van der Waals surface area contributed by atoms with E-state index in [1.165, 1.54) is 35.2 Å². The monoisotopic (exact) mass is 596 g/mol. The quantitative estimate of drug-likeness (QED) is 0.138. The van der Waals surface area contributed by atoms with E-state index in [0.717, 1.165) is 72.7 Å². The lowest BCUT2D eigenvalue weighted by Gasteiger charge is -2.22. The first-order valence-electron chi connectivity index (χ1n) is 15.2. The molecule has 6 rings (SSSR count). The number of nitrogens with zero attached hydrogens (tertiary/aromatic N) is 1. The van der Waals surface area contributed by atoms with Crippen molar-refractivity contribution in [2.75, 3.05) is 32.2 Å². The van der Waals surface area contributed by atoms with Crippen molar-refractivity contribution in [3.63, 3.8) is 0 Å². The number of ether oxygens (including phenoxy) is 3. The van der Waals surface area contributed by atoms with Gasteiger partial charge in [-0.3, -0.25) is 9.78 Å². The molecule has 1 aliphatic heterocycles. The number of aromatic nitrogens is 1. The summed E-state index contributed by atoms with van der Waals surface area (Å²) in [5.74, 6) is 2.07. The smallest absolute Gasteiger partial charge is 0.196 e. The molecule has 3 aromatic carbocycles. The van der Waals surface area contributed by atoms with E-state index in [4.69, 9.17) is 30.8 Å². The number of aryl methyl sites for hydroxylation is 1. The normalized spacial score (nSPS) is 15.1. The van der Waals surface area contributed by atoms with Gasteiger partial charge in [0.15, 0.2) is 5.78 Å². The zero-order valence-corrected chi connectivity index (χ0v) is 25.3. The number of ketones is 1. The number of hydrogen-bond acceptors (Lipinski definition) is 6. The fraction of sp³-hybridized carbons (Fsp3) is 0.333. The maximum absolute atomic E-state index is 13.1. The number of hydrogen-bond donors (Lipinski definition) is 1. The van der Waals surface area contributed by atoms with Crippen LogP contribution in [0.2, 0.25) is 5.02 Å². The fourth-order valence-electron chi connectivity index (χ4n) is 5.89. The highest BCUT2D eigenvalue weighted by atomic mass is 35.5. The number of carbonyl (C=O) groups excluding carboxylic acids is 1. The molecule has 0 atom stereocenters. The number of pyridine rings is 1. The largest absolute Gasteiger partial charge is 0.497 e. The molecule has 1 N–H and O–H groups in total. The van der Waals surface area contributed by atoms with E-state index in [2.05, 4.69) is 11.4 Å². The molecule has 2 aliphatic rings. The summed E-state index contributed by atoms with van der Waals surface area (Å²) in [6, 6.07) is 19.1. The second kappa shape index (κ2) is 13.5. The van der Waals surface area contributed by atoms with Gasteiger partial charge in [-0.2, -0.15) is 0 Å². The minimum absolute atomic E-state index is 0.0127. The Morgan fingerprint density at radius 2 is 1.77 bits per heavy atom. The molecule has 0 amide bonds. The number of benzene rings is 3. The van der Waals surface area contributed by atoms with Gasteiger partial charge in [0.25, 0.3) is 0 Å². The van der Waals surface area contributed by atoms with E-state index in [9.17, 15) is 4.79 Å². The molecule has 6 nitrogen and oxygen atoms in total. The van der Waals surface area contributed by atoms with Crippen LogP contribution in [-0.4, -0.2) is 37.6 Å². The number of unbranched alkanes of at least 4 members (excludes halogenated alkanes) is 3. The van der Waals surface area contributed by atoms with Crippen molar-refractivity contribution in [2.24, 2.45) is 0 Å². The Balaban J connectivity index is 0.955. The van der Waals surface area contributed by atoms with Crippen molar-refractivity contribution in [3.05, 3.63) is 93.6 Å². The van der Waals surface area contributed by atoms with Crippen molar-refractivity contribution < 1.29 is 19.0 Å². The number of fused-ring (bicyclic) bond motifs is 3.